The highest BCUT2D eigenvalue weighted by Gasteiger charge is 2.12. The van der Waals surface area contributed by atoms with Crippen LogP contribution in [-0.2, 0) is 10.5 Å². The normalized spacial score (nSPS) is 10.4. The Kier molecular flexibility index (Phi) is 8.70. The van der Waals surface area contributed by atoms with Gasteiger partial charge in [0.1, 0.15) is 0 Å². The molecule has 0 fully saturated rings. The molecular formula is C19H20Cl2N2O2S2. The number of carbonyl (C=O) groups excluding carboxylic acids is 1. The van der Waals surface area contributed by atoms with Crippen molar-refractivity contribution in [1.29, 1.82) is 0 Å². The number of halogens is 2. The number of thioether (sulfide) groups is 1. The first-order chi connectivity index (χ1) is 12.9. The van der Waals surface area contributed by atoms with Crippen molar-refractivity contribution in [3.05, 3.63) is 63.1 Å². The number of nitrogens with one attached hydrogen (secondary N) is 2. The van der Waals surface area contributed by atoms with E-state index in [1.165, 1.54) is 7.11 Å². The average molecular weight is 443 g/mol. The molecular weight excluding hydrogens is 423 g/mol. The van der Waals surface area contributed by atoms with Crippen molar-refractivity contribution < 1.29 is 9.53 Å². The number of rotatable bonds is 7. The summed E-state index contributed by atoms with van der Waals surface area (Å²) in [6.45, 7) is 2.54. The second kappa shape index (κ2) is 10.8. The number of hydrogen-bond acceptors (Lipinski definition) is 4. The third-order valence-corrected chi connectivity index (χ3v) is 5.77. The summed E-state index contributed by atoms with van der Waals surface area (Å²) in [5.74, 6) is 1.20. The van der Waals surface area contributed by atoms with Gasteiger partial charge in [-0.25, -0.2) is 4.79 Å². The summed E-state index contributed by atoms with van der Waals surface area (Å²) in [6.07, 6.45) is 0. The van der Waals surface area contributed by atoms with Crippen molar-refractivity contribution in [2.75, 3.05) is 24.7 Å². The summed E-state index contributed by atoms with van der Waals surface area (Å²) in [6, 6.07) is 10.9. The van der Waals surface area contributed by atoms with E-state index in [0.717, 1.165) is 28.3 Å². The van der Waals surface area contributed by atoms with Gasteiger partial charge >= 0.3 is 5.97 Å². The van der Waals surface area contributed by atoms with E-state index in [1.807, 2.05) is 31.2 Å². The lowest BCUT2D eigenvalue weighted by Gasteiger charge is -2.14. The number of benzene rings is 2. The molecule has 2 aromatic carbocycles. The summed E-state index contributed by atoms with van der Waals surface area (Å²) in [4.78, 5) is 11.8. The first-order valence-electron chi connectivity index (χ1n) is 8.17. The maximum atomic E-state index is 11.8. The molecule has 0 radical (unpaired) electrons. The number of carbonyl (C=O) groups is 1. The molecule has 2 N–H and O–H groups in total. The zero-order valence-electron chi connectivity index (χ0n) is 15.0. The molecule has 2 aromatic rings. The molecule has 0 saturated heterocycles. The fraction of sp³-hybridized carbons (Fsp3) is 0.263. The van der Waals surface area contributed by atoms with Crippen LogP contribution in [0.4, 0.5) is 5.69 Å². The first-order valence-corrected chi connectivity index (χ1v) is 10.5. The van der Waals surface area contributed by atoms with E-state index in [9.17, 15) is 4.79 Å². The maximum Gasteiger partial charge on any atom is 0.338 e. The number of esters is 1. The largest absolute Gasteiger partial charge is 0.465 e. The number of anilines is 1. The fourth-order valence-corrected chi connectivity index (χ4v) is 4.16. The molecule has 144 valence electrons. The minimum Gasteiger partial charge on any atom is -0.465 e. The van der Waals surface area contributed by atoms with Crippen molar-refractivity contribution >= 4 is 64.0 Å². The molecule has 27 heavy (non-hydrogen) atoms. The lowest BCUT2D eigenvalue weighted by Crippen LogP contribution is -2.30. The van der Waals surface area contributed by atoms with Crippen molar-refractivity contribution in [3.8, 4) is 0 Å². The predicted molar refractivity (Wildman–Crippen MR) is 119 cm³/mol. The van der Waals surface area contributed by atoms with Crippen molar-refractivity contribution in [3.63, 3.8) is 0 Å². The van der Waals surface area contributed by atoms with Crippen LogP contribution in [0.25, 0.3) is 0 Å². The van der Waals surface area contributed by atoms with Crippen LogP contribution >= 0.6 is 47.2 Å². The van der Waals surface area contributed by atoms with Crippen LogP contribution in [0.3, 0.4) is 0 Å². The van der Waals surface area contributed by atoms with E-state index in [0.29, 0.717) is 27.3 Å². The molecule has 0 aliphatic rings. The van der Waals surface area contributed by atoms with E-state index in [-0.39, 0.29) is 5.97 Å². The number of thiocarbonyl (C=S) groups is 1. The van der Waals surface area contributed by atoms with Gasteiger partial charge in [-0.2, -0.15) is 11.8 Å². The van der Waals surface area contributed by atoms with Gasteiger partial charge in [-0.3, -0.25) is 0 Å². The highest BCUT2D eigenvalue weighted by atomic mass is 35.5. The van der Waals surface area contributed by atoms with Gasteiger partial charge in [-0.05, 0) is 54.5 Å². The second-order valence-corrected chi connectivity index (χ2v) is 7.93. The van der Waals surface area contributed by atoms with Crippen LogP contribution in [0, 0.1) is 6.92 Å². The van der Waals surface area contributed by atoms with Gasteiger partial charge in [0.15, 0.2) is 5.11 Å². The predicted octanol–water partition coefficient (Wildman–Crippen LogP) is 5.31. The average Bonchev–Trinajstić information content (AvgIpc) is 2.64. The Labute approximate surface area is 179 Å². The van der Waals surface area contributed by atoms with Crippen LogP contribution in [0.15, 0.2) is 36.4 Å². The van der Waals surface area contributed by atoms with Gasteiger partial charge in [0.05, 0.1) is 12.7 Å². The van der Waals surface area contributed by atoms with Gasteiger partial charge in [-0.15, -0.1) is 0 Å². The molecule has 0 aliphatic carbocycles. The zero-order chi connectivity index (χ0) is 19.8. The van der Waals surface area contributed by atoms with Gasteiger partial charge in [0, 0.05) is 33.8 Å². The van der Waals surface area contributed by atoms with Crippen molar-refractivity contribution in [2.45, 2.75) is 12.7 Å². The summed E-state index contributed by atoms with van der Waals surface area (Å²) >= 11 is 19.4. The molecule has 0 atom stereocenters. The molecule has 4 nitrogen and oxygen atoms in total. The molecule has 8 heteroatoms. The van der Waals surface area contributed by atoms with E-state index in [4.69, 9.17) is 40.2 Å². The Bertz CT molecular complexity index is 811. The second-order valence-electron chi connectivity index (χ2n) is 5.60. The Balaban J connectivity index is 1.79. The highest BCUT2D eigenvalue weighted by molar-refractivity contribution is 7.98. The zero-order valence-corrected chi connectivity index (χ0v) is 18.1. The van der Waals surface area contributed by atoms with Gasteiger partial charge in [0.2, 0.25) is 0 Å². The lowest BCUT2D eigenvalue weighted by molar-refractivity contribution is 0.0600. The van der Waals surface area contributed by atoms with Crippen LogP contribution in [-0.4, -0.2) is 30.5 Å². The summed E-state index contributed by atoms with van der Waals surface area (Å²) < 4.78 is 4.79. The molecule has 0 aromatic heterocycles. The maximum absolute atomic E-state index is 11.8. The smallest absolute Gasteiger partial charge is 0.338 e. The van der Waals surface area contributed by atoms with Gasteiger partial charge < -0.3 is 15.4 Å². The van der Waals surface area contributed by atoms with Crippen LogP contribution < -0.4 is 10.6 Å². The van der Waals surface area contributed by atoms with E-state index < -0.39 is 0 Å². The Morgan fingerprint density at radius 3 is 2.52 bits per heavy atom. The lowest BCUT2D eigenvalue weighted by atomic mass is 10.1. The summed E-state index contributed by atoms with van der Waals surface area (Å²) in [5.41, 5.74) is 3.02. The molecule has 0 amide bonds. The molecule has 2 rings (SSSR count). The quantitative estimate of drug-likeness (QED) is 0.344. The molecule has 0 saturated carbocycles. The topological polar surface area (TPSA) is 50.4 Å². The Morgan fingerprint density at radius 1 is 1.19 bits per heavy atom. The third-order valence-electron chi connectivity index (χ3n) is 3.83. The molecule has 0 unspecified atom stereocenters. The van der Waals surface area contributed by atoms with E-state index in [1.54, 1.807) is 23.9 Å². The number of hydrogen-bond donors (Lipinski definition) is 2. The Hall–Kier alpha value is -1.47. The summed E-state index contributed by atoms with van der Waals surface area (Å²) in [7, 11) is 1.36. The van der Waals surface area contributed by atoms with Gasteiger partial charge in [0.25, 0.3) is 0 Å². The minimum absolute atomic E-state index is 0.371. The number of methoxy groups -OCH3 is 1. The van der Waals surface area contributed by atoms with Gasteiger partial charge in [-0.1, -0.05) is 35.3 Å². The minimum atomic E-state index is -0.371. The van der Waals surface area contributed by atoms with E-state index in [2.05, 4.69) is 10.6 Å². The monoisotopic (exact) mass is 442 g/mol. The molecule has 0 bridgehead atoms. The summed E-state index contributed by atoms with van der Waals surface area (Å²) in [5, 5.41) is 8.13. The fourth-order valence-electron chi connectivity index (χ4n) is 2.35. The SMILES string of the molecule is COC(=O)c1cccc(NC(=S)NCCSCc2c(Cl)cccc2Cl)c1C. The third kappa shape index (κ3) is 6.28. The van der Waals surface area contributed by atoms with Crippen LogP contribution in [0.2, 0.25) is 10.0 Å². The van der Waals surface area contributed by atoms with Crippen molar-refractivity contribution in [1.82, 2.24) is 5.32 Å². The molecule has 0 spiro atoms. The highest BCUT2D eigenvalue weighted by Crippen LogP contribution is 2.28. The van der Waals surface area contributed by atoms with Crippen LogP contribution in [0.1, 0.15) is 21.5 Å². The first kappa shape index (κ1) is 21.8. The Morgan fingerprint density at radius 2 is 1.85 bits per heavy atom. The molecule has 0 heterocycles. The standard InChI is InChI=1S/C19H20Cl2N2O2S2/c1-12-13(18(24)25-2)5-3-8-17(12)23-19(26)22-9-10-27-11-14-15(20)6-4-7-16(14)21/h3-8H,9-11H2,1-2H3,(H2,22,23,26). The number of ether oxygens (including phenoxy) is 1. The van der Waals surface area contributed by atoms with E-state index >= 15 is 0 Å². The molecule has 0 aliphatic heterocycles. The van der Waals surface area contributed by atoms with Crippen molar-refractivity contribution in [2.24, 2.45) is 0 Å². The van der Waals surface area contributed by atoms with Crippen LogP contribution in [0.5, 0.6) is 0 Å².